The summed E-state index contributed by atoms with van der Waals surface area (Å²) in [5, 5.41) is 6.30. The van der Waals surface area contributed by atoms with Gasteiger partial charge in [0.1, 0.15) is 7.59 Å². The second-order valence-electron chi connectivity index (χ2n) is 4.93. The summed E-state index contributed by atoms with van der Waals surface area (Å²) in [4.78, 5) is 22.1. The molecule has 0 aromatic heterocycles. The maximum Gasteiger partial charge on any atom is 0.329 e. The van der Waals surface area contributed by atoms with Gasteiger partial charge in [-0.15, -0.1) is 0 Å². The van der Waals surface area contributed by atoms with Crippen LogP contribution in [0.1, 0.15) is 0 Å². The Kier molecular flexibility index (Phi) is 6.23. The highest BCUT2D eigenvalue weighted by Gasteiger charge is 2.44. The van der Waals surface area contributed by atoms with Crippen LogP contribution in [0.25, 0.3) is 0 Å². The predicted molar refractivity (Wildman–Crippen MR) is 75.6 cm³/mol. The SMILES string of the molecule is C=CC(=O)OC[Si](C)(C)[Si](C)(N)COC(=O)C=C. The fourth-order valence-electron chi connectivity index (χ4n) is 0.951. The molecule has 1 unspecified atom stereocenters. The fourth-order valence-corrected chi connectivity index (χ4v) is 5.21. The van der Waals surface area contributed by atoms with Crippen molar-refractivity contribution < 1.29 is 19.1 Å². The maximum absolute atomic E-state index is 11.1. The van der Waals surface area contributed by atoms with Gasteiger partial charge in [-0.25, -0.2) is 9.59 Å². The van der Waals surface area contributed by atoms with Gasteiger partial charge in [0.05, 0.1) is 12.5 Å². The Bertz CT molecular complexity index is 319. The van der Waals surface area contributed by atoms with Gasteiger partial charge in [-0.2, -0.15) is 0 Å². The van der Waals surface area contributed by atoms with Crippen LogP contribution in [-0.2, 0) is 19.1 Å². The largest absolute Gasteiger partial charge is 0.467 e. The molecule has 102 valence electrons. The number of carbonyl (C=O) groups is 2. The van der Waals surface area contributed by atoms with Gasteiger partial charge < -0.3 is 14.9 Å². The van der Waals surface area contributed by atoms with Crippen LogP contribution in [0.5, 0.6) is 0 Å². The number of hydrogen-bond acceptors (Lipinski definition) is 5. The summed E-state index contributed by atoms with van der Waals surface area (Å²) in [7, 11) is -4.23. The van der Waals surface area contributed by atoms with E-state index in [4.69, 9.17) is 14.9 Å². The fraction of sp³-hybridized carbons (Fsp3) is 0.455. The highest BCUT2D eigenvalue weighted by molar-refractivity contribution is 7.40. The first-order valence-electron chi connectivity index (χ1n) is 5.53. The first kappa shape index (κ1) is 16.8. The highest BCUT2D eigenvalue weighted by Crippen LogP contribution is 2.15. The Morgan fingerprint density at radius 1 is 1.06 bits per heavy atom. The molecule has 2 N–H and O–H groups in total. The first-order chi connectivity index (χ1) is 8.16. The van der Waals surface area contributed by atoms with Crippen LogP contribution in [0.2, 0.25) is 19.6 Å². The summed E-state index contributed by atoms with van der Waals surface area (Å²) in [5.74, 6) is -0.935. The van der Waals surface area contributed by atoms with E-state index in [2.05, 4.69) is 13.2 Å². The van der Waals surface area contributed by atoms with Crippen LogP contribution in [0.15, 0.2) is 25.3 Å². The number of esters is 2. The van der Waals surface area contributed by atoms with E-state index < -0.39 is 27.3 Å². The van der Waals surface area contributed by atoms with Crippen molar-refractivity contribution in [3.8, 4) is 0 Å². The van der Waals surface area contributed by atoms with Crippen LogP contribution in [0.4, 0.5) is 0 Å². The minimum Gasteiger partial charge on any atom is -0.467 e. The smallest absolute Gasteiger partial charge is 0.329 e. The van der Waals surface area contributed by atoms with Gasteiger partial charge in [0.25, 0.3) is 0 Å². The summed E-state index contributed by atoms with van der Waals surface area (Å²) >= 11 is 0. The van der Waals surface area contributed by atoms with E-state index in [0.717, 1.165) is 12.2 Å². The zero-order valence-corrected chi connectivity index (χ0v) is 13.2. The lowest BCUT2D eigenvalue weighted by Crippen LogP contribution is -2.70. The predicted octanol–water partition coefficient (Wildman–Crippen LogP) is 0.844. The summed E-state index contributed by atoms with van der Waals surface area (Å²) < 4.78 is 10.1. The molecule has 0 radical (unpaired) electrons. The quantitative estimate of drug-likeness (QED) is 0.426. The van der Waals surface area contributed by atoms with E-state index >= 15 is 0 Å². The van der Waals surface area contributed by atoms with Crippen LogP contribution in [0.3, 0.4) is 0 Å². The number of carbonyl (C=O) groups excluding carboxylic acids is 2. The molecule has 0 rings (SSSR count). The molecule has 0 fully saturated rings. The molecule has 18 heavy (non-hydrogen) atoms. The Labute approximate surface area is 110 Å². The van der Waals surface area contributed by atoms with Crippen LogP contribution in [-0.4, -0.2) is 39.7 Å². The third kappa shape index (κ3) is 4.98. The van der Waals surface area contributed by atoms with E-state index in [1.807, 2.05) is 19.6 Å². The number of nitrogens with two attached hydrogens (primary N) is 1. The minimum absolute atomic E-state index is 0.211. The summed E-state index contributed by atoms with van der Waals surface area (Å²) in [6.45, 7) is 12.6. The van der Waals surface area contributed by atoms with Gasteiger partial charge >= 0.3 is 11.9 Å². The van der Waals surface area contributed by atoms with E-state index in [1.165, 1.54) is 0 Å². The first-order valence-corrected chi connectivity index (χ1v) is 12.5. The molecule has 0 saturated heterocycles. The van der Waals surface area contributed by atoms with Gasteiger partial charge in [-0.1, -0.05) is 32.8 Å². The van der Waals surface area contributed by atoms with Gasteiger partial charge in [-0.05, 0) is 0 Å². The van der Waals surface area contributed by atoms with Crippen LogP contribution in [0, 0.1) is 0 Å². The third-order valence-corrected chi connectivity index (χ3v) is 17.8. The number of rotatable bonds is 7. The van der Waals surface area contributed by atoms with Crippen molar-refractivity contribution >= 4 is 27.3 Å². The average molecular weight is 287 g/mol. The monoisotopic (exact) mass is 287 g/mol. The Morgan fingerprint density at radius 3 is 1.83 bits per heavy atom. The Hall–Kier alpha value is -1.19. The molecule has 0 aliphatic carbocycles. The van der Waals surface area contributed by atoms with Gasteiger partial charge in [0.15, 0.2) is 7.75 Å². The van der Waals surface area contributed by atoms with E-state index in [-0.39, 0.29) is 6.23 Å². The summed E-state index contributed by atoms with van der Waals surface area (Å²) in [6, 6.07) is 0. The lowest BCUT2D eigenvalue weighted by Gasteiger charge is -2.35. The van der Waals surface area contributed by atoms with Crippen molar-refractivity contribution in [2.75, 3.05) is 12.5 Å². The second-order valence-corrected chi connectivity index (χ2v) is 19.6. The van der Waals surface area contributed by atoms with Gasteiger partial charge in [0.2, 0.25) is 0 Å². The summed E-state index contributed by atoms with van der Waals surface area (Å²) in [6.07, 6.45) is 2.75. The van der Waals surface area contributed by atoms with Crippen molar-refractivity contribution in [1.29, 1.82) is 0 Å². The maximum atomic E-state index is 11.1. The highest BCUT2D eigenvalue weighted by atomic mass is 29.3. The number of ether oxygens (including phenoxy) is 2. The topological polar surface area (TPSA) is 78.6 Å². The minimum atomic E-state index is -2.25. The molecule has 0 bridgehead atoms. The van der Waals surface area contributed by atoms with E-state index in [0.29, 0.717) is 6.23 Å². The van der Waals surface area contributed by atoms with E-state index in [1.54, 1.807) is 0 Å². The molecule has 0 spiro atoms. The van der Waals surface area contributed by atoms with Crippen molar-refractivity contribution in [1.82, 2.24) is 0 Å². The lowest BCUT2D eigenvalue weighted by atomic mass is 10.7. The van der Waals surface area contributed by atoms with Crippen molar-refractivity contribution in [3.63, 3.8) is 0 Å². The lowest BCUT2D eigenvalue weighted by molar-refractivity contribution is -0.137. The van der Waals surface area contributed by atoms with Gasteiger partial charge in [-0.3, -0.25) is 0 Å². The molecule has 0 heterocycles. The standard InChI is InChI=1S/C11H21NO4Si2/c1-6-10(13)15-8-17(3,4)18(5,12)9-16-11(14)7-2/h6-7H,1-2,8-9,12H2,3-5H3. The molecule has 0 aromatic rings. The molecule has 5 nitrogen and oxygen atoms in total. The summed E-state index contributed by atoms with van der Waals surface area (Å²) in [5.41, 5.74) is 0. The van der Waals surface area contributed by atoms with Crippen molar-refractivity contribution in [2.24, 2.45) is 5.40 Å². The molecular weight excluding hydrogens is 266 g/mol. The Morgan fingerprint density at radius 2 is 1.44 bits per heavy atom. The molecule has 0 aliphatic rings. The number of hydrogen-bond donors (Lipinski definition) is 1. The molecule has 0 aromatic carbocycles. The molecule has 1 atom stereocenters. The molecule has 0 aliphatic heterocycles. The molecular formula is C11H21NO4Si2. The van der Waals surface area contributed by atoms with Crippen LogP contribution >= 0.6 is 0 Å². The van der Waals surface area contributed by atoms with Crippen molar-refractivity contribution in [3.05, 3.63) is 25.3 Å². The van der Waals surface area contributed by atoms with Crippen LogP contribution < -0.4 is 5.40 Å². The van der Waals surface area contributed by atoms with Crippen molar-refractivity contribution in [2.45, 2.75) is 19.6 Å². The molecule has 7 heteroatoms. The zero-order valence-electron chi connectivity index (χ0n) is 11.2. The second kappa shape index (κ2) is 6.67. The molecule has 0 amide bonds. The molecule has 0 saturated carbocycles. The Balaban J connectivity index is 4.53. The van der Waals surface area contributed by atoms with Gasteiger partial charge in [0, 0.05) is 12.2 Å². The van der Waals surface area contributed by atoms with E-state index in [9.17, 15) is 9.59 Å². The normalized spacial score (nSPS) is 14.2. The third-order valence-electron chi connectivity index (χ3n) is 2.97. The zero-order chi connectivity index (χ0) is 14.4. The average Bonchev–Trinajstić information content (AvgIpc) is 2.32.